The molecule has 1 aromatic carbocycles. The smallest absolute Gasteiger partial charge is 0.150 e. The van der Waals surface area contributed by atoms with Gasteiger partial charge in [-0.15, -0.1) is 0 Å². The molecule has 0 aliphatic rings. The zero-order chi connectivity index (χ0) is 9.90. The molecule has 1 rings (SSSR count). The number of hydrogen-bond donors (Lipinski definition) is 1. The van der Waals surface area contributed by atoms with Crippen LogP contribution in [0.2, 0.25) is 0 Å². The largest absolute Gasteiger partial charge is 0.385 e. The number of carbonyl (C=O) groups is 1. The standard InChI is InChI=1S/C11H14O2/c1-3-11(2,13)10-6-4-9(8-12)5-7-10/h4-8,13H,3H2,1-2H3. The minimum atomic E-state index is -0.790. The summed E-state index contributed by atoms with van der Waals surface area (Å²) in [5.74, 6) is 0. The molecule has 0 heterocycles. The topological polar surface area (TPSA) is 37.3 Å². The molecule has 0 saturated carbocycles. The number of carbonyl (C=O) groups excluding carboxylic acids is 1. The molecule has 0 aromatic heterocycles. The molecule has 13 heavy (non-hydrogen) atoms. The summed E-state index contributed by atoms with van der Waals surface area (Å²) < 4.78 is 0. The van der Waals surface area contributed by atoms with Gasteiger partial charge in [-0.1, -0.05) is 31.2 Å². The van der Waals surface area contributed by atoms with E-state index >= 15 is 0 Å². The van der Waals surface area contributed by atoms with Gasteiger partial charge in [0.05, 0.1) is 5.60 Å². The first-order valence-electron chi connectivity index (χ1n) is 4.38. The summed E-state index contributed by atoms with van der Waals surface area (Å²) in [6.07, 6.45) is 1.46. The van der Waals surface area contributed by atoms with Crippen molar-refractivity contribution in [1.29, 1.82) is 0 Å². The van der Waals surface area contributed by atoms with Crippen molar-refractivity contribution >= 4 is 6.29 Å². The van der Waals surface area contributed by atoms with Crippen molar-refractivity contribution in [1.82, 2.24) is 0 Å². The molecule has 1 atom stereocenters. The molecular formula is C11H14O2. The maximum absolute atomic E-state index is 10.4. The Morgan fingerprint density at radius 3 is 2.31 bits per heavy atom. The lowest BCUT2D eigenvalue weighted by atomic mass is 9.93. The molecule has 0 bridgehead atoms. The Morgan fingerprint density at radius 2 is 1.92 bits per heavy atom. The number of rotatable bonds is 3. The maximum Gasteiger partial charge on any atom is 0.150 e. The van der Waals surface area contributed by atoms with Crippen LogP contribution in [0.25, 0.3) is 0 Å². The van der Waals surface area contributed by atoms with E-state index in [9.17, 15) is 9.90 Å². The van der Waals surface area contributed by atoms with E-state index in [1.54, 1.807) is 31.2 Å². The molecule has 0 saturated heterocycles. The number of benzene rings is 1. The number of hydrogen-bond acceptors (Lipinski definition) is 2. The highest BCUT2D eigenvalue weighted by Crippen LogP contribution is 2.23. The Morgan fingerprint density at radius 1 is 1.38 bits per heavy atom. The quantitative estimate of drug-likeness (QED) is 0.720. The molecule has 1 unspecified atom stereocenters. The van der Waals surface area contributed by atoms with Crippen molar-refractivity contribution in [2.24, 2.45) is 0 Å². The second kappa shape index (κ2) is 3.71. The van der Waals surface area contributed by atoms with E-state index < -0.39 is 5.60 Å². The van der Waals surface area contributed by atoms with Crippen molar-refractivity contribution in [2.75, 3.05) is 0 Å². The highest BCUT2D eigenvalue weighted by molar-refractivity contribution is 5.74. The lowest BCUT2D eigenvalue weighted by Gasteiger charge is -2.21. The Labute approximate surface area is 78.2 Å². The lowest BCUT2D eigenvalue weighted by Crippen LogP contribution is -2.19. The molecule has 0 radical (unpaired) electrons. The van der Waals surface area contributed by atoms with Gasteiger partial charge >= 0.3 is 0 Å². The molecule has 0 amide bonds. The third-order valence-corrected chi connectivity index (χ3v) is 2.36. The Hall–Kier alpha value is -1.15. The Bertz CT molecular complexity index is 285. The minimum absolute atomic E-state index is 0.635. The van der Waals surface area contributed by atoms with Crippen LogP contribution in [-0.4, -0.2) is 11.4 Å². The van der Waals surface area contributed by atoms with Crippen molar-refractivity contribution in [3.8, 4) is 0 Å². The van der Waals surface area contributed by atoms with Crippen LogP contribution in [0.1, 0.15) is 36.2 Å². The van der Waals surface area contributed by atoms with E-state index in [0.29, 0.717) is 12.0 Å². The normalized spacial score (nSPS) is 15.0. The third kappa shape index (κ3) is 2.16. The molecule has 1 aromatic rings. The van der Waals surface area contributed by atoms with Crippen LogP contribution in [0.3, 0.4) is 0 Å². The van der Waals surface area contributed by atoms with Crippen molar-refractivity contribution in [3.05, 3.63) is 35.4 Å². The fraction of sp³-hybridized carbons (Fsp3) is 0.364. The van der Waals surface area contributed by atoms with E-state index in [1.807, 2.05) is 6.92 Å². The second-order valence-electron chi connectivity index (χ2n) is 3.37. The summed E-state index contributed by atoms with van der Waals surface area (Å²) in [6.45, 7) is 3.69. The molecule has 1 N–H and O–H groups in total. The van der Waals surface area contributed by atoms with Crippen LogP contribution >= 0.6 is 0 Å². The first-order valence-corrected chi connectivity index (χ1v) is 4.38. The molecule has 70 valence electrons. The van der Waals surface area contributed by atoms with Crippen LogP contribution in [0, 0.1) is 0 Å². The number of aldehydes is 1. The van der Waals surface area contributed by atoms with Gasteiger partial charge in [-0.25, -0.2) is 0 Å². The van der Waals surface area contributed by atoms with Gasteiger partial charge in [0.15, 0.2) is 0 Å². The zero-order valence-corrected chi connectivity index (χ0v) is 7.95. The monoisotopic (exact) mass is 178 g/mol. The summed E-state index contributed by atoms with van der Waals surface area (Å²) in [6, 6.07) is 7.00. The summed E-state index contributed by atoms with van der Waals surface area (Å²) in [5, 5.41) is 9.87. The fourth-order valence-corrected chi connectivity index (χ4v) is 1.12. The molecular weight excluding hydrogens is 164 g/mol. The first kappa shape index (κ1) is 9.93. The van der Waals surface area contributed by atoms with Gasteiger partial charge in [-0.05, 0) is 18.9 Å². The molecule has 0 spiro atoms. The Balaban J connectivity index is 2.98. The SMILES string of the molecule is CCC(C)(O)c1ccc(C=O)cc1. The molecule has 2 nitrogen and oxygen atoms in total. The average molecular weight is 178 g/mol. The highest BCUT2D eigenvalue weighted by Gasteiger charge is 2.19. The van der Waals surface area contributed by atoms with Crippen LogP contribution in [0.15, 0.2) is 24.3 Å². The van der Waals surface area contributed by atoms with Gasteiger partial charge in [-0.2, -0.15) is 0 Å². The summed E-state index contributed by atoms with van der Waals surface area (Å²) in [7, 11) is 0. The van der Waals surface area contributed by atoms with E-state index in [1.165, 1.54) is 0 Å². The first-order chi connectivity index (χ1) is 6.10. The number of aliphatic hydroxyl groups is 1. The van der Waals surface area contributed by atoms with Gasteiger partial charge < -0.3 is 5.11 Å². The van der Waals surface area contributed by atoms with Gasteiger partial charge in [-0.3, -0.25) is 4.79 Å². The van der Waals surface area contributed by atoms with Crippen LogP contribution in [0.5, 0.6) is 0 Å². The van der Waals surface area contributed by atoms with E-state index in [-0.39, 0.29) is 0 Å². The van der Waals surface area contributed by atoms with Gasteiger partial charge in [0.2, 0.25) is 0 Å². The molecule has 2 heteroatoms. The summed E-state index contributed by atoms with van der Waals surface area (Å²) in [4.78, 5) is 10.4. The van der Waals surface area contributed by atoms with Crippen molar-refractivity contribution < 1.29 is 9.90 Å². The summed E-state index contributed by atoms with van der Waals surface area (Å²) >= 11 is 0. The molecule has 0 aliphatic carbocycles. The second-order valence-corrected chi connectivity index (χ2v) is 3.37. The fourth-order valence-electron chi connectivity index (χ4n) is 1.12. The predicted octanol–water partition coefficient (Wildman–Crippen LogP) is 2.12. The van der Waals surface area contributed by atoms with Crippen LogP contribution < -0.4 is 0 Å². The van der Waals surface area contributed by atoms with E-state index in [4.69, 9.17) is 0 Å². The molecule has 0 aliphatic heterocycles. The zero-order valence-electron chi connectivity index (χ0n) is 7.95. The minimum Gasteiger partial charge on any atom is -0.385 e. The van der Waals surface area contributed by atoms with Gasteiger partial charge in [0.1, 0.15) is 6.29 Å². The van der Waals surface area contributed by atoms with Crippen molar-refractivity contribution in [2.45, 2.75) is 25.9 Å². The third-order valence-electron chi connectivity index (χ3n) is 2.36. The predicted molar refractivity (Wildman–Crippen MR) is 51.7 cm³/mol. The van der Waals surface area contributed by atoms with E-state index in [2.05, 4.69) is 0 Å². The van der Waals surface area contributed by atoms with E-state index in [0.717, 1.165) is 11.8 Å². The van der Waals surface area contributed by atoms with Crippen LogP contribution in [-0.2, 0) is 5.60 Å². The summed E-state index contributed by atoms with van der Waals surface area (Å²) in [5.41, 5.74) is 0.692. The van der Waals surface area contributed by atoms with Gasteiger partial charge in [0, 0.05) is 5.56 Å². The highest BCUT2D eigenvalue weighted by atomic mass is 16.3. The Kier molecular flexibility index (Phi) is 2.83. The molecule has 0 fully saturated rings. The maximum atomic E-state index is 10.4. The average Bonchev–Trinajstić information content (AvgIpc) is 2.18. The lowest BCUT2D eigenvalue weighted by molar-refractivity contribution is 0.0530. The van der Waals surface area contributed by atoms with Crippen LogP contribution in [0.4, 0.5) is 0 Å². The van der Waals surface area contributed by atoms with Crippen molar-refractivity contribution in [3.63, 3.8) is 0 Å². The van der Waals surface area contributed by atoms with Gasteiger partial charge in [0.25, 0.3) is 0 Å².